The van der Waals surface area contributed by atoms with Crippen molar-refractivity contribution in [1.82, 2.24) is 4.78 Å². The van der Waals surface area contributed by atoms with Gasteiger partial charge in [-0.1, -0.05) is 47.5 Å². The summed E-state index contributed by atoms with van der Waals surface area (Å²) < 4.78 is 21.4. The van der Waals surface area contributed by atoms with Crippen LogP contribution < -0.4 is 5.30 Å². The molecule has 1 atom stereocenters. The van der Waals surface area contributed by atoms with Gasteiger partial charge in [0.25, 0.3) is 0 Å². The lowest BCUT2D eigenvalue weighted by atomic mass is 10.1. The van der Waals surface area contributed by atoms with Gasteiger partial charge in [-0.05, 0) is 56.5 Å². The minimum atomic E-state index is -3.30. The molecular formula is C19H21Cl2N2O2P. The first-order valence-corrected chi connectivity index (χ1v) is 10.9. The normalized spacial score (nSPS) is 17.1. The van der Waals surface area contributed by atoms with Crippen molar-refractivity contribution >= 4 is 41.7 Å². The smallest absolute Gasteiger partial charge is 0.306 e. The second kappa shape index (κ2) is 8.14. The number of halogens is 2. The largest absolute Gasteiger partial charge is 0.341 e. The first-order chi connectivity index (χ1) is 12.4. The van der Waals surface area contributed by atoms with E-state index in [0.29, 0.717) is 21.9 Å². The van der Waals surface area contributed by atoms with Crippen LogP contribution in [0.15, 0.2) is 53.6 Å². The molecule has 1 aliphatic rings. The van der Waals surface area contributed by atoms with Crippen LogP contribution in [-0.2, 0) is 9.09 Å². The lowest BCUT2D eigenvalue weighted by molar-refractivity contribution is 0.213. The molecule has 0 aromatic heterocycles. The van der Waals surface area contributed by atoms with Gasteiger partial charge >= 0.3 is 7.52 Å². The molecule has 3 rings (SSSR count). The molecule has 0 spiro atoms. The number of nitrogens with zero attached hydrogens (tertiary/aromatic N) is 2. The maximum Gasteiger partial charge on any atom is 0.341 e. The van der Waals surface area contributed by atoms with Crippen LogP contribution in [0.5, 0.6) is 0 Å². The van der Waals surface area contributed by atoms with Crippen molar-refractivity contribution in [2.45, 2.75) is 32.8 Å². The topological polar surface area (TPSA) is 41.9 Å². The van der Waals surface area contributed by atoms with Crippen molar-refractivity contribution in [1.29, 1.82) is 0 Å². The van der Waals surface area contributed by atoms with Crippen LogP contribution in [0.25, 0.3) is 0 Å². The highest BCUT2D eigenvalue weighted by molar-refractivity contribution is 7.64. The van der Waals surface area contributed by atoms with Crippen LogP contribution in [0.3, 0.4) is 0 Å². The van der Waals surface area contributed by atoms with Crippen LogP contribution in [0, 0.1) is 0 Å². The molecule has 0 amide bonds. The van der Waals surface area contributed by atoms with Gasteiger partial charge < -0.3 is 4.52 Å². The molecule has 1 unspecified atom stereocenters. The monoisotopic (exact) mass is 410 g/mol. The molecule has 138 valence electrons. The first kappa shape index (κ1) is 19.4. The Labute approximate surface area is 164 Å². The molecule has 7 heteroatoms. The summed E-state index contributed by atoms with van der Waals surface area (Å²) in [6.07, 6.45) is 1.43. The Hall–Kier alpha value is -1.32. The third-order valence-corrected chi connectivity index (χ3v) is 7.30. The zero-order valence-electron chi connectivity index (χ0n) is 14.7. The molecule has 2 aromatic carbocycles. The molecular weight excluding hydrogens is 390 g/mol. The average Bonchev–Trinajstić information content (AvgIpc) is 2.64. The van der Waals surface area contributed by atoms with Crippen molar-refractivity contribution in [3.8, 4) is 0 Å². The van der Waals surface area contributed by atoms with E-state index in [1.54, 1.807) is 16.9 Å². The van der Waals surface area contributed by atoms with Gasteiger partial charge in [-0.15, -0.1) is 0 Å². The van der Waals surface area contributed by atoms with E-state index in [-0.39, 0.29) is 6.10 Å². The predicted molar refractivity (Wildman–Crippen MR) is 109 cm³/mol. The van der Waals surface area contributed by atoms with Crippen LogP contribution in [0.1, 0.15) is 32.3 Å². The van der Waals surface area contributed by atoms with Gasteiger partial charge in [0.05, 0.1) is 27.2 Å². The highest BCUT2D eigenvalue weighted by atomic mass is 35.5. The fraction of sp³-hybridized carbons (Fsp3) is 0.316. The minimum Gasteiger partial charge on any atom is -0.306 e. The minimum absolute atomic E-state index is 0.188. The Morgan fingerprint density at radius 3 is 2.50 bits per heavy atom. The zero-order chi connectivity index (χ0) is 18.7. The van der Waals surface area contributed by atoms with Crippen LogP contribution >= 0.6 is 30.7 Å². The Balaban J connectivity index is 2.01. The molecule has 0 bridgehead atoms. The van der Waals surface area contributed by atoms with E-state index in [1.165, 1.54) is 0 Å². The van der Waals surface area contributed by atoms with Crippen molar-refractivity contribution in [2.75, 3.05) is 6.54 Å². The van der Waals surface area contributed by atoms with Gasteiger partial charge in [0.15, 0.2) is 0 Å². The second-order valence-corrected chi connectivity index (χ2v) is 9.43. The SMILES string of the molecule is CC(C)OP(=O)(c1ccccc1)N1CCCC(c2ccc(Cl)c(Cl)c2)=N1. The summed E-state index contributed by atoms with van der Waals surface area (Å²) in [5, 5.41) is 6.31. The molecule has 1 aliphatic heterocycles. The number of hydrogen-bond acceptors (Lipinski definition) is 3. The fourth-order valence-electron chi connectivity index (χ4n) is 2.85. The van der Waals surface area contributed by atoms with Gasteiger partial charge in [-0.2, -0.15) is 5.10 Å². The Bertz CT molecular complexity index is 856. The fourth-order valence-corrected chi connectivity index (χ4v) is 5.39. The first-order valence-electron chi connectivity index (χ1n) is 8.55. The summed E-state index contributed by atoms with van der Waals surface area (Å²) in [6.45, 7) is 4.33. The quantitative estimate of drug-likeness (QED) is 0.590. The van der Waals surface area contributed by atoms with Gasteiger partial charge in [0.1, 0.15) is 0 Å². The van der Waals surface area contributed by atoms with E-state index in [4.69, 9.17) is 27.7 Å². The van der Waals surface area contributed by atoms with Crippen molar-refractivity contribution in [3.05, 3.63) is 64.1 Å². The highest BCUT2D eigenvalue weighted by Crippen LogP contribution is 2.52. The number of benzene rings is 2. The Kier molecular flexibility index (Phi) is 6.09. The molecule has 1 heterocycles. The van der Waals surface area contributed by atoms with E-state index in [2.05, 4.69) is 5.10 Å². The molecule has 0 saturated heterocycles. The predicted octanol–water partition coefficient (Wildman–Crippen LogP) is 5.74. The molecule has 0 radical (unpaired) electrons. The summed E-state index contributed by atoms with van der Waals surface area (Å²) in [6, 6.07) is 14.7. The molecule has 26 heavy (non-hydrogen) atoms. The summed E-state index contributed by atoms with van der Waals surface area (Å²) in [5.74, 6) is 0. The zero-order valence-corrected chi connectivity index (χ0v) is 17.1. The maximum atomic E-state index is 13.8. The lowest BCUT2D eigenvalue weighted by Gasteiger charge is -2.33. The number of hydrazone groups is 1. The Morgan fingerprint density at radius 2 is 1.85 bits per heavy atom. The second-order valence-electron chi connectivity index (χ2n) is 6.39. The van der Waals surface area contributed by atoms with Gasteiger partial charge in [-0.25, -0.2) is 4.78 Å². The van der Waals surface area contributed by atoms with E-state index in [0.717, 1.165) is 24.1 Å². The van der Waals surface area contributed by atoms with Gasteiger partial charge in [0.2, 0.25) is 0 Å². The molecule has 0 aliphatic carbocycles. The van der Waals surface area contributed by atoms with Crippen LogP contribution in [0.4, 0.5) is 0 Å². The van der Waals surface area contributed by atoms with Crippen molar-refractivity contribution in [2.24, 2.45) is 5.10 Å². The highest BCUT2D eigenvalue weighted by Gasteiger charge is 2.36. The number of rotatable bonds is 5. The van der Waals surface area contributed by atoms with Crippen LogP contribution in [0.2, 0.25) is 10.0 Å². The summed E-state index contributed by atoms with van der Waals surface area (Å²) in [4.78, 5) is 0. The third kappa shape index (κ3) is 4.15. The van der Waals surface area contributed by atoms with Crippen molar-refractivity contribution < 1.29 is 9.09 Å². The summed E-state index contributed by atoms with van der Waals surface area (Å²) >= 11 is 12.2. The maximum absolute atomic E-state index is 13.8. The molecule has 0 N–H and O–H groups in total. The van der Waals surface area contributed by atoms with Crippen LogP contribution in [-0.4, -0.2) is 23.1 Å². The van der Waals surface area contributed by atoms with E-state index >= 15 is 0 Å². The van der Waals surface area contributed by atoms with E-state index in [9.17, 15) is 4.57 Å². The molecule has 0 saturated carbocycles. The summed E-state index contributed by atoms with van der Waals surface area (Å²) in [5.41, 5.74) is 1.71. The average molecular weight is 411 g/mol. The summed E-state index contributed by atoms with van der Waals surface area (Å²) in [7, 11) is -3.30. The van der Waals surface area contributed by atoms with E-state index < -0.39 is 7.52 Å². The van der Waals surface area contributed by atoms with Gasteiger partial charge in [-0.3, -0.25) is 4.57 Å². The Morgan fingerprint density at radius 1 is 1.12 bits per heavy atom. The van der Waals surface area contributed by atoms with E-state index in [1.807, 2.05) is 50.2 Å². The lowest BCUT2D eigenvalue weighted by Crippen LogP contribution is -2.30. The van der Waals surface area contributed by atoms with Gasteiger partial charge in [0, 0.05) is 6.54 Å². The third-order valence-electron chi connectivity index (χ3n) is 4.00. The molecule has 4 nitrogen and oxygen atoms in total. The molecule has 2 aromatic rings. The number of hydrogen-bond donors (Lipinski definition) is 0. The standard InChI is InChI=1S/C19H21Cl2N2O2P/c1-14(2)25-26(24,16-7-4-3-5-8-16)23-12-6-9-19(22-23)15-10-11-17(20)18(21)13-15/h3-5,7-8,10-11,13-14H,6,9,12H2,1-2H3. The molecule has 0 fully saturated rings. The van der Waals surface area contributed by atoms with Crippen molar-refractivity contribution in [3.63, 3.8) is 0 Å².